The van der Waals surface area contributed by atoms with E-state index in [2.05, 4.69) is 61.1 Å². The second kappa shape index (κ2) is 10.1. The molecule has 2 heterocycles. The number of piperidine rings is 1. The summed E-state index contributed by atoms with van der Waals surface area (Å²) in [5.74, 6) is 0.853. The van der Waals surface area contributed by atoms with Crippen molar-refractivity contribution >= 4 is 5.95 Å². The monoisotopic (exact) mass is 450 g/mol. The first-order valence-corrected chi connectivity index (χ1v) is 12.9. The molecule has 0 unspecified atom stereocenters. The van der Waals surface area contributed by atoms with Gasteiger partial charge < -0.3 is 15.3 Å². The largest absolute Gasteiger partial charge is 0.396 e. The lowest BCUT2D eigenvalue weighted by molar-refractivity contribution is 0.282. The maximum Gasteiger partial charge on any atom is 0.225 e. The van der Waals surface area contributed by atoms with Crippen LogP contribution in [0.2, 0.25) is 0 Å². The summed E-state index contributed by atoms with van der Waals surface area (Å²) in [6, 6.07) is 9.60. The van der Waals surface area contributed by atoms with Gasteiger partial charge in [-0.25, -0.2) is 9.97 Å². The van der Waals surface area contributed by atoms with Gasteiger partial charge in [0.1, 0.15) is 0 Å². The zero-order valence-corrected chi connectivity index (χ0v) is 21.0. The summed E-state index contributed by atoms with van der Waals surface area (Å²) in [6.07, 6.45) is 9.75. The van der Waals surface area contributed by atoms with Crippen molar-refractivity contribution in [1.29, 1.82) is 0 Å². The van der Waals surface area contributed by atoms with Crippen molar-refractivity contribution < 1.29 is 5.11 Å². The van der Waals surface area contributed by atoms with Crippen LogP contribution in [0.1, 0.15) is 83.8 Å². The Kier molecular flexibility index (Phi) is 7.40. The molecule has 1 aromatic carbocycles. The molecule has 1 aromatic heterocycles. The van der Waals surface area contributed by atoms with E-state index in [-0.39, 0.29) is 10.8 Å². The van der Waals surface area contributed by atoms with Gasteiger partial charge in [0.15, 0.2) is 0 Å². The number of unbranched alkanes of at least 4 members (excludes halogenated alkanes) is 2. The van der Waals surface area contributed by atoms with Gasteiger partial charge in [0.05, 0.1) is 5.69 Å². The smallest absolute Gasteiger partial charge is 0.225 e. The molecule has 0 atom stereocenters. The SMILES string of the molecule is CC1(C)CCC(C)(C)c2cc(-c3ccnc(N4CCC(NCCCCCO)CC4)n3)ccc21. The summed E-state index contributed by atoms with van der Waals surface area (Å²) in [7, 11) is 0. The van der Waals surface area contributed by atoms with E-state index in [1.807, 2.05) is 12.3 Å². The van der Waals surface area contributed by atoms with Crippen LogP contribution in [-0.2, 0) is 10.8 Å². The third kappa shape index (κ3) is 5.58. The molecule has 2 aliphatic rings. The van der Waals surface area contributed by atoms with Gasteiger partial charge in [-0.1, -0.05) is 39.8 Å². The van der Waals surface area contributed by atoms with Crippen LogP contribution in [0.15, 0.2) is 30.5 Å². The Morgan fingerprint density at radius 2 is 1.70 bits per heavy atom. The minimum absolute atomic E-state index is 0.198. The van der Waals surface area contributed by atoms with Gasteiger partial charge in [-0.3, -0.25) is 0 Å². The summed E-state index contributed by atoms with van der Waals surface area (Å²) < 4.78 is 0. The highest BCUT2D eigenvalue weighted by Gasteiger charge is 2.37. The van der Waals surface area contributed by atoms with E-state index in [1.165, 1.54) is 29.5 Å². The van der Waals surface area contributed by atoms with Crippen molar-refractivity contribution in [2.75, 3.05) is 31.1 Å². The Bertz CT molecular complexity index is 931. The molecule has 0 radical (unpaired) electrons. The zero-order chi connectivity index (χ0) is 23.5. The summed E-state index contributed by atoms with van der Waals surface area (Å²) >= 11 is 0. The Balaban J connectivity index is 1.43. The molecule has 0 amide bonds. The minimum atomic E-state index is 0.198. The molecule has 0 bridgehead atoms. The Morgan fingerprint density at radius 1 is 0.970 bits per heavy atom. The number of nitrogens with zero attached hydrogens (tertiary/aromatic N) is 3. The maximum atomic E-state index is 8.90. The standard InChI is InChI=1S/C28H42N4O/c1-27(2)13-14-28(3,4)24-20-21(8-9-23(24)27)25-10-16-30-26(31-25)32-17-11-22(12-18-32)29-15-6-5-7-19-33/h8-10,16,20,22,29,33H,5-7,11-15,17-19H2,1-4H3. The topological polar surface area (TPSA) is 61.3 Å². The molecule has 2 aromatic rings. The van der Waals surface area contributed by atoms with Gasteiger partial charge >= 0.3 is 0 Å². The second-order valence-corrected chi connectivity index (χ2v) is 11.3. The number of rotatable bonds is 8. The van der Waals surface area contributed by atoms with Crippen LogP contribution in [0.3, 0.4) is 0 Å². The molecule has 4 rings (SSSR count). The number of aliphatic hydroxyl groups excluding tert-OH is 1. The molecular formula is C28H42N4O. The zero-order valence-electron chi connectivity index (χ0n) is 21.0. The third-order valence-corrected chi connectivity index (χ3v) is 7.84. The molecule has 1 aliphatic heterocycles. The van der Waals surface area contributed by atoms with Crippen molar-refractivity contribution in [1.82, 2.24) is 15.3 Å². The quantitative estimate of drug-likeness (QED) is 0.540. The molecule has 2 N–H and O–H groups in total. The van der Waals surface area contributed by atoms with E-state index in [4.69, 9.17) is 10.1 Å². The molecule has 33 heavy (non-hydrogen) atoms. The van der Waals surface area contributed by atoms with E-state index in [9.17, 15) is 0 Å². The Labute approximate surface area is 200 Å². The number of aromatic nitrogens is 2. The number of aliphatic hydroxyl groups is 1. The minimum Gasteiger partial charge on any atom is -0.396 e. The van der Waals surface area contributed by atoms with E-state index in [0.29, 0.717) is 12.6 Å². The average molecular weight is 451 g/mol. The summed E-state index contributed by atoms with van der Waals surface area (Å²) in [5.41, 5.74) is 5.61. The van der Waals surface area contributed by atoms with E-state index in [1.54, 1.807) is 0 Å². The predicted molar refractivity (Wildman–Crippen MR) is 137 cm³/mol. The normalized spacial score (nSPS) is 20.0. The summed E-state index contributed by atoms with van der Waals surface area (Å²) in [6.45, 7) is 12.8. The fourth-order valence-electron chi connectivity index (χ4n) is 5.41. The molecular weight excluding hydrogens is 408 g/mol. The third-order valence-electron chi connectivity index (χ3n) is 7.84. The average Bonchev–Trinajstić information content (AvgIpc) is 2.82. The first-order chi connectivity index (χ1) is 15.8. The number of nitrogens with one attached hydrogen (secondary N) is 1. The predicted octanol–water partition coefficient (Wildman–Crippen LogP) is 5.21. The van der Waals surface area contributed by atoms with Crippen LogP contribution in [0, 0.1) is 0 Å². The number of benzene rings is 1. The number of hydrogen-bond acceptors (Lipinski definition) is 5. The lowest BCUT2D eigenvalue weighted by atomic mass is 9.63. The fraction of sp³-hybridized carbons (Fsp3) is 0.643. The van der Waals surface area contributed by atoms with E-state index < -0.39 is 0 Å². The van der Waals surface area contributed by atoms with E-state index >= 15 is 0 Å². The fourth-order valence-corrected chi connectivity index (χ4v) is 5.41. The van der Waals surface area contributed by atoms with Crippen molar-refractivity contribution in [3.8, 4) is 11.3 Å². The van der Waals surface area contributed by atoms with Crippen LogP contribution in [0.5, 0.6) is 0 Å². The molecule has 1 aliphatic carbocycles. The number of anilines is 1. The number of fused-ring (bicyclic) bond motifs is 1. The van der Waals surface area contributed by atoms with Gasteiger partial charge in [-0.15, -0.1) is 0 Å². The van der Waals surface area contributed by atoms with Crippen molar-refractivity contribution in [2.45, 2.75) is 89.5 Å². The van der Waals surface area contributed by atoms with E-state index in [0.717, 1.165) is 63.4 Å². The Hall–Kier alpha value is -1.98. The highest BCUT2D eigenvalue weighted by molar-refractivity contribution is 5.64. The van der Waals surface area contributed by atoms with Crippen LogP contribution >= 0.6 is 0 Å². The Morgan fingerprint density at radius 3 is 2.42 bits per heavy atom. The number of hydrogen-bond donors (Lipinski definition) is 2. The highest BCUT2D eigenvalue weighted by Crippen LogP contribution is 2.46. The second-order valence-electron chi connectivity index (χ2n) is 11.3. The highest BCUT2D eigenvalue weighted by atomic mass is 16.2. The van der Waals surface area contributed by atoms with Crippen molar-refractivity contribution in [3.05, 3.63) is 41.6 Å². The van der Waals surface area contributed by atoms with Crippen molar-refractivity contribution in [3.63, 3.8) is 0 Å². The molecule has 0 spiro atoms. The molecule has 0 saturated carbocycles. The molecule has 5 heteroatoms. The molecule has 180 valence electrons. The van der Waals surface area contributed by atoms with Gasteiger partial charge in [-0.05, 0) is 85.6 Å². The lowest BCUT2D eigenvalue weighted by Crippen LogP contribution is -2.43. The van der Waals surface area contributed by atoms with Gasteiger partial charge in [0.25, 0.3) is 0 Å². The van der Waals surface area contributed by atoms with Gasteiger partial charge in [0.2, 0.25) is 5.95 Å². The van der Waals surface area contributed by atoms with Crippen LogP contribution in [-0.4, -0.2) is 47.4 Å². The van der Waals surface area contributed by atoms with Gasteiger partial charge in [0, 0.05) is 37.5 Å². The lowest BCUT2D eigenvalue weighted by Gasteiger charge is -2.42. The van der Waals surface area contributed by atoms with Crippen LogP contribution in [0.25, 0.3) is 11.3 Å². The first kappa shape index (κ1) is 24.2. The van der Waals surface area contributed by atoms with Crippen molar-refractivity contribution in [2.24, 2.45) is 0 Å². The molecule has 1 fully saturated rings. The first-order valence-electron chi connectivity index (χ1n) is 12.9. The van der Waals surface area contributed by atoms with Gasteiger partial charge in [-0.2, -0.15) is 0 Å². The maximum absolute atomic E-state index is 8.90. The molecule has 1 saturated heterocycles. The summed E-state index contributed by atoms with van der Waals surface area (Å²) in [5, 5.41) is 12.6. The summed E-state index contributed by atoms with van der Waals surface area (Å²) in [4.78, 5) is 11.9. The molecule has 5 nitrogen and oxygen atoms in total. The van der Waals surface area contributed by atoms with Crippen LogP contribution < -0.4 is 10.2 Å². The van der Waals surface area contributed by atoms with Crippen LogP contribution in [0.4, 0.5) is 5.95 Å².